The zero-order chi connectivity index (χ0) is 19.5. The lowest BCUT2D eigenvalue weighted by Crippen LogP contribution is -2.26. The average molecular weight is 394 g/mol. The van der Waals surface area contributed by atoms with E-state index in [2.05, 4.69) is 9.97 Å². The summed E-state index contributed by atoms with van der Waals surface area (Å²) in [4.78, 5) is 21.9. The van der Waals surface area contributed by atoms with Crippen molar-refractivity contribution in [3.8, 4) is 11.3 Å². The summed E-state index contributed by atoms with van der Waals surface area (Å²) in [6, 6.07) is 19.1. The smallest absolute Gasteiger partial charge is 0.223 e. The third-order valence-electron chi connectivity index (χ3n) is 4.62. The minimum absolute atomic E-state index is 0.0462. The maximum absolute atomic E-state index is 12.5. The van der Waals surface area contributed by atoms with Gasteiger partial charge in [-0.3, -0.25) is 4.79 Å². The van der Waals surface area contributed by atoms with E-state index in [4.69, 9.17) is 16.0 Å². The number of hydrogen-bond acceptors (Lipinski definition) is 3. The maximum Gasteiger partial charge on any atom is 0.223 e. The number of aryl methyl sites for hydroxylation is 1. The number of furan rings is 1. The van der Waals surface area contributed by atoms with E-state index in [-0.39, 0.29) is 5.91 Å². The van der Waals surface area contributed by atoms with Crippen LogP contribution in [0.4, 0.5) is 0 Å². The Morgan fingerprint density at radius 2 is 1.89 bits per heavy atom. The molecule has 0 radical (unpaired) electrons. The van der Waals surface area contributed by atoms with Crippen molar-refractivity contribution >= 4 is 28.5 Å². The van der Waals surface area contributed by atoms with Crippen LogP contribution in [0, 0.1) is 0 Å². The highest BCUT2D eigenvalue weighted by Crippen LogP contribution is 2.24. The monoisotopic (exact) mass is 393 g/mol. The Hall–Kier alpha value is -3.05. The molecule has 5 nitrogen and oxygen atoms in total. The topological polar surface area (TPSA) is 62.1 Å². The van der Waals surface area contributed by atoms with Gasteiger partial charge >= 0.3 is 0 Å². The van der Waals surface area contributed by atoms with Crippen LogP contribution >= 0.6 is 11.6 Å². The standard InChI is InChI=1S/C22H20ClN3O2/c1-26(14-17-10-11-20(28-17)15-6-8-16(23)9-7-15)22(27)13-12-21-24-18-4-2-3-5-19(18)25-21/h2-11H,12-14H2,1H3,(H,24,25). The lowest BCUT2D eigenvalue weighted by atomic mass is 10.2. The van der Waals surface area contributed by atoms with E-state index in [0.29, 0.717) is 24.4 Å². The summed E-state index contributed by atoms with van der Waals surface area (Å²) in [5.41, 5.74) is 2.86. The van der Waals surface area contributed by atoms with Crippen LogP contribution in [0.2, 0.25) is 5.02 Å². The molecule has 4 rings (SSSR count). The van der Waals surface area contributed by atoms with Crippen molar-refractivity contribution in [1.29, 1.82) is 0 Å². The van der Waals surface area contributed by atoms with Crippen LogP contribution in [-0.4, -0.2) is 27.8 Å². The van der Waals surface area contributed by atoms with Gasteiger partial charge in [-0.05, 0) is 48.5 Å². The van der Waals surface area contributed by atoms with Gasteiger partial charge in [0.1, 0.15) is 17.3 Å². The number of rotatable bonds is 6. The van der Waals surface area contributed by atoms with E-state index in [1.165, 1.54) is 0 Å². The van der Waals surface area contributed by atoms with Crippen LogP contribution in [0.25, 0.3) is 22.4 Å². The zero-order valence-corrected chi connectivity index (χ0v) is 16.2. The van der Waals surface area contributed by atoms with Crippen LogP contribution in [0.15, 0.2) is 65.1 Å². The number of aromatic nitrogens is 2. The van der Waals surface area contributed by atoms with E-state index in [1.807, 2.05) is 60.7 Å². The number of nitrogens with zero attached hydrogens (tertiary/aromatic N) is 2. The van der Waals surface area contributed by atoms with Crippen molar-refractivity contribution in [3.63, 3.8) is 0 Å². The third kappa shape index (κ3) is 4.10. The highest BCUT2D eigenvalue weighted by atomic mass is 35.5. The van der Waals surface area contributed by atoms with Crippen molar-refractivity contribution in [3.05, 3.63) is 77.3 Å². The molecule has 1 N–H and O–H groups in total. The lowest BCUT2D eigenvalue weighted by molar-refractivity contribution is -0.130. The molecule has 28 heavy (non-hydrogen) atoms. The molecule has 2 heterocycles. The number of aromatic amines is 1. The van der Waals surface area contributed by atoms with Gasteiger partial charge in [-0.25, -0.2) is 4.98 Å². The van der Waals surface area contributed by atoms with Gasteiger partial charge in [-0.2, -0.15) is 0 Å². The van der Waals surface area contributed by atoms with Gasteiger partial charge in [0.05, 0.1) is 17.6 Å². The van der Waals surface area contributed by atoms with Crippen LogP contribution in [0.3, 0.4) is 0 Å². The third-order valence-corrected chi connectivity index (χ3v) is 4.88. The van der Waals surface area contributed by atoms with E-state index >= 15 is 0 Å². The first-order valence-corrected chi connectivity index (χ1v) is 9.48. The van der Waals surface area contributed by atoms with Crippen molar-refractivity contribution in [1.82, 2.24) is 14.9 Å². The second-order valence-electron chi connectivity index (χ2n) is 6.72. The zero-order valence-electron chi connectivity index (χ0n) is 15.5. The summed E-state index contributed by atoms with van der Waals surface area (Å²) in [7, 11) is 1.78. The van der Waals surface area contributed by atoms with Crippen LogP contribution in [0.5, 0.6) is 0 Å². The molecule has 6 heteroatoms. The maximum atomic E-state index is 12.5. The first-order chi connectivity index (χ1) is 13.6. The summed E-state index contributed by atoms with van der Waals surface area (Å²) >= 11 is 5.92. The number of para-hydroxylation sites is 2. The highest BCUT2D eigenvalue weighted by Gasteiger charge is 2.13. The Morgan fingerprint density at radius 1 is 1.11 bits per heavy atom. The van der Waals surface area contributed by atoms with Crippen molar-refractivity contribution in [2.24, 2.45) is 0 Å². The molecule has 0 aliphatic rings. The Morgan fingerprint density at radius 3 is 2.68 bits per heavy atom. The fraction of sp³-hybridized carbons (Fsp3) is 0.182. The summed E-state index contributed by atoms with van der Waals surface area (Å²) in [6.45, 7) is 0.423. The van der Waals surface area contributed by atoms with Crippen molar-refractivity contribution < 1.29 is 9.21 Å². The minimum Gasteiger partial charge on any atom is -0.459 e. The summed E-state index contributed by atoms with van der Waals surface area (Å²) in [5, 5.41) is 0.685. The number of hydrogen-bond donors (Lipinski definition) is 1. The molecule has 0 fully saturated rings. The van der Waals surface area contributed by atoms with Gasteiger partial charge in [0, 0.05) is 30.5 Å². The number of amides is 1. The van der Waals surface area contributed by atoms with Crippen LogP contribution in [0.1, 0.15) is 18.0 Å². The van der Waals surface area contributed by atoms with E-state index in [0.717, 1.165) is 33.9 Å². The Bertz CT molecular complexity index is 1070. The van der Waals surface area contributed by atoms with Gasteiger partial charge in [0.15, 0.2) is 0 Å². The molecular weight excluding hydrogens is 374 g/mol. The first-order valence-electron chi connectivity index (χ1n) is 9.11. The summed E-state index contributed by atoms with van der Waals surface area (Å²) in [5.74, 6) is 2.37. The predicted molar refractivity (Wildman–Crippen MR) is 110 cm³/mol. The van der Waals surface area contributed by atoms with Gasteiger partial charge in [-0.15, -0.1) is 0 Å². The number of nitrogens with one attached hydrogen (secondary N) is 1. The van der Waals surface area contributed by atoms with Crippen LogP contribution < -0.4 is 0 Å². The molecule has 0 saturated carbocycles. The minimum atomic E-state index is 0.0462. The van der Waals surface area contributed by atoms with Gasteiger partial charge in [0.2, 0.25) is 5.91 Å². The predicted octanol–water partition coefficient (Wildman–Crippen LogP) is 5.07. The van der Waals surface area contributed by atoms with E-state index in [1.54, 1.807) is 11.9 Å². The molecule has 0 bridgehead atoms. The Labute approximate surface area is 167 Å². The number of halogens is 1. The molecule has 0 saturated heterocycles. The largest absolute Gasteiger partial charge is 0.459 e. The van der Waals surface area contributed by atoms with Crippen molar-refractivity contribution in [2.45, 2.75) is 19.4 Å². The van der Waals surface area contributed by atoms with Crippen molar-refractivity contribution in [2.75, 3.05) is 7.05 Å². The van der Waals surface area contributed by atoms with Crippen LogP contribution in [-0.2, 0) is 17.8 Å². The number of imidazole rings is 1. The molecule has 0 aliphatic carbocycles. The van der Waals surface area contributed by atoms with Gasteiger partial charge in [-0.1, -0.05) is 23.7 Å². The number of H-pyrrole nitrogens is 1. The molecule has 4 aromatic rings. The first kappa shape index (κ1) is 18.3. The molecule has 0 spiro atoms. The number of carbonyl (C=O) groups excluding carboxylic acids is 1. The molecule has 0 unspecified atom stereocenters. The number of carbonyl (C=O) groups is 1. The Balaban J connectivity index is 1.34. The SMILES string of the molecule is CN(Cc1ccc(-c2ccc(Cl)cc2)o1)C(=O)CCc1nc2ccccc2[nH]1. The van der Waals surface area contributed by atoms with Gasteiger partial charge in [0.25, 0.3) is 0 Å². The fourth-order valence-electron chi connectivity index (χ4n) is 3.09. The molecule has 0 aliphatic heterocycles. The second-order valence-corrected chi connectivity index (χ2v) is 7.16. The quantitative estimate of drug-likeness (QED) is 0.497. The molecule has 142 valence electrons. The Kier molecular flexibility index (Phi) is 5.17. The second kappa shape index (κ2) is 7.90. The molecule has 1 amide bonds. The molecular formula is C22H20ClN3O2. The van der Waals surface area contributed by atoms with Gasteiger partial charge < -0.3 is 14.3 Å². The summed E-state index contributed by atoms with van der Waals surface area (Å²) in [6.07, 6.45) is 0.965. The number of benzene rings is 2. The molecule has 0 atom stereocenters. The highest BCUT2D eigenvalue weighted by molar-refractivity contribution is 6.30. The molecule has 2 aromatic heterocycles. The number of fused-ring (bicyclic) bond motifs is 1. The fourth-order valence-corrected chi connectivity index (χ4v) is 3.22. The summed E-state index contributed by atoms with van der Waals surface area (Å²) < 4.78 is 5.88. The average Bonchev–Trinajstić information content (AvgIpc) is 3.33. The normalized spacial score (nSPS) is 11.1. The molecule has 2 aromatic carbocycles. The lowest BCUT2D eigenvalue weighted by Gasteiger charge is -2.15. The van der Waals surface area contributed by atoms with E-state index in [9.17, 15) is 4.79 Å². The van der Waals surface area contributed by atoms with E-state index < -0.39 is 0 Å².